The van der Waals surface area contributed by atoms with Gasteiger partial charge in [-0.3, -0.25) is 14.5 Å². The second kappa shape index (κ2) is 9.67. The Morgan fingerprint density at radius 2 is 1.74 bits per heavy atom. The van der Waals surface area contributed by atoms with Crippen LogP contribution in [-0.4, -0.2) is 36.0 Å². The lowest BCUT2D eigenvalue weighted by Gasteiger charge is -2.16. The second-order valence-electron chi connectivity index (χ2n) is 8.19. The van der Waals surface area contributed by atoms with Gasteiger partial charge in [0.1, 0.15) is 5.70 Å². The van der Waals surface area contributed by atoms with E-state index < -0.39 is 0 Å². The van der Waals surface area contributed by atoms with Crippen LogP contribution < -0.4 is 5.32 Å². The molecule has 2 aromatic carbocycles. The molecule has 2 amide bonds. The van der Waals surface area contributed by atoms with Crippen molar-refractivity contribution in [2.24, 2.45) is 0 Å². The second-order valence-corrected chi connectivity index (χ2v) is 8.62. The third kappa shape index (κ3) is 5.17. The van der Waals surface area contributed by atoms with Crippen molar-refractivity contribution in [2.45, 2.75) is 47.1 Å². The van der Waals surface area contributed by atoms with Gasteiger partial charge in [0, 0.05) is 23.9 Å². The predicted octanol–water partition coefficient (Wildman–Crippen LogP) is 5.27. The van der Waals surface area contributed by atoms with Crippen molar-refractivity contribution >= 4 is 34.7 Å². The molecule has 0 unspecified atom stereocenters. The van der Waals surface area contributed by atoms with Gasteiger partial charge in [0.15, 0.2) is 0 Å². The Labute approximate surface area is 189 Å². The fraction of sp³-hybridized carbons (Fsp3) is 0.360. The van der Waals surface area contributed by atoms with Crippen molar-refractivity contribution in [3.05, 3.63) is 69.4 Å². The van der Waals surface area contributed by atoms with E-state index in [-0.39, 0.29) is 17.9 Å². The highest BCUT2D eigenvalue weighted by Crippen LogP contribution is 2.33. The summed E-state index contributed by atoms with van der Waals surface area (Å²) in [6.07, 6.45) is 0.697. The number of hydrogen-bond donors (Lipinski definition) is 1. The van der Waals surface area contributed by atoms with Crippen LogP contribution in [0.15, 0.2) is 42.1 Å². The lowest BCUT2D eigenvalue weighted by molar-refractivity contribution is -0.137. The minimum atomic E-state index is -0.320. The Morgan fingerprint density at radius 1 is 1.00 bits per heavy atom. The average Bonchev–Trinajstić information content (AvgIpc) is 2.91. The van der Waals surface area contributed by atoms with E-state index in [0.29, 0.717) is 35.9 Å². The molecule has 0 aromatic heterocycles. The fourth-order valence-corrected chi connectivity index (χ4v) is 3.91. The molecule has 1 aliphatic heterocycles. The van der Waals surface area contributed by atoms with Crippen LogP contribution in [0.2, 0.25) is 5.02 Å². The summed E-state index contributed by atoms with van der Waals surface area (Å²) in [6, 6.07) is 11.3. The van der Waals surface area contributed by atoms with Crippen LogP contribution in [0.5, 0.6) is 0 Å². The number of hydrogen-bond acceptors (Lipinski definition) is 4. The summed E-state index contributed by atoms with van der Waals surface area (Å²) in [5.74, 6) is -0.602. The molecule has 0 bridgehead atoms. The maximum absolute atomic E-state index is 13.4. The topological polar surface area (TPSA) is 58.6 Å². The van der Waals surface area contributed by atoms with Crippen LogP contribution in [0.4, 0.5) is 5.69 Å². The quantitative estimate of drug-likeness (QED) is 0.448. The van der Waals surface area contributed by atoms with Gasteiger partial charge in [-0.1, -0.05) is 35.4 Å². The standard InChI is InChI=1S/C25H29ClN2O3/c1-15(2)31-12-6-11-28-24(29)22(20-9-7-16(3)13-17(20)4)23(25(28)30)27-21-10-8-19(26)14-18(21)5/h7-10,13-15,27H,6,11-12H2,1-5H3. The van der Waals surface area contributed by atoms with Crippen molar-refractivity contribution in [3.8, 4) is 0 Å². The van der Waals surface area contributed by atoms with Gasteiger partial charge in [0.05, 0.1) is 11.7 Å². The van der Waals surface area contributed by atoms with E-state index in [1.54, 1.807) is 6.07 Å². The third-order valence-corrected chi connectivity index (χ3v) is 5.48. The first-order valence-electron chi connectivity index (χ1n) is 10.5. The lowest BCUT2D eigenvalue weighted by Crippen LogP contribution is -2.34. The Bertz CT molecular complexity index is 1040. The minimum Gasteiger partial charge on any atom is -0.379 e. The van der Waals surface area contributed by atoms with E-state index >= 15 is 0 Å². The molecule has 0 radical (unpaired) electrons. The molecule has 31 heavy (non-hydrogen) atoms. The zero-order chi connectivity index (χ0) is 22.7. The molecule has 3 rings (SSSR count). The number of nitrogens with zero attached hydrogens (tertiary/aromatic N) is 1. The van der Waals surface area contributed by atoms with Crippen molar-refractivity contribution in [1.29, 1.82) is 0 Å². The van der Waals surface area contributed by atoms with E-state index in [2.05, 4.69) is 5.32 Å². The molecule has 1 N–H and O–H groups in total. The SMILES string of the molecule is Cc1ccc(C2=C(Nc3ccc(Cl)cc3C)C(=O)N(CCCOC(C)C)C2=O)c(C)c1. The number of aryl methyl sites for hydroxylation is 3. The van der Waals surface area contributed by atoms with Crippen LogP contribution in [0.1, 0.15) is 42.5 Å². The Kier molecular flexibility index (Phi) is 7.19. The molecule has 1 heterocycles. The smallest absolute Gasteiger partial charge is 0.278 e. The lowest BCUT2D eigenvalue weighted by atomic mass is 9.97. The van der Waals surface area contributed by atoms with Crippen molar-refractivity contribution < 1.29 is 14.3 Å². The molecule has 0 saturated heterocycles. The number of carbonyl (C=O) groups excluding carboxylic acids is 2. The number of ether oxygens (including phenoxy) is 1. The van der Waals surface area contributed by atoms with E-state index in [1.807, 2.05) is 65.0 Å². The number of amides is 2. The summed E-state index contributed by atoms with van der Waals surface area (Å²) in [4.78, 5) is 28.0. The van der Waals surface area contributed by atoms with Crippen molar-refractivity contribution in [2.75, 3.05) is 18.5 Å². The predicted molar refractivity (Wildman–Crippen MR) is 125 cm³/mol. The first-order valence-corrected chi connectivity index (χ1v) is 10.9. The molecule has 164 valence electrons. The normalized spacial score (nSPS) is 14.2. The van der Waals surface area contributed by atoms with E-state index in [0.717, 1.165) is 27.9 Å². The average molecular weight is 441 g/mol. The molecule has 0 saturated carbocycles. The molecule has 1 aliphatic rings. The number of rotatable bonds is 8. The Morgan fingerprint density at radius 3 is 2.39 bits per heavy atom. The summed E-state index contributed by atoms with van der Waals surface area (Å²) in [5.41, 5.74) is 5.15. The minimum absolute atomic E-state index is 0.110. The zero-order valence-electron chi connectivity index (χ0n) is 18.7. The van der Waals surface area contributed by atoms with Crippen LogP contribution in [0.3, 0.4) is 0 Å². The maximum Gasteiger partial charge on any atom is 0.278 e. The molecular formula is C25H29ClN2O3. The van der Waals surface area contributed by atoms with E-state index in [1.165, 1.54) is 4.90 Å². The molecule has 0 aliphatic carbocycles. The van der Waals surface area contributed by atoms with Crippen LogP contribution in [-0.2, 0) is 14.3 Å². The first kappa shape index (κ1) is 23.0. The van der Waals surface area contributed by atoms with Gasteiger partial charge < -0.3 is 10.1 Å². The highest BCUT2D eigenvalue weighted by Gasteiger charge is 2.39. The molecule has 0 spiro atoms. The van der Waals surface area contributed by atoms with Gasteiger partial charge >= 0.3 is 0 Å². The molecular weight excluding hydrogens is 412 g/mol. The molecule has 0 fully saturated rings. The summed E-state index contributed by atoms with van der Waals surface area (Å²) < 4.78 is 5.57. The number of carbonyl (C=O) groups is 2. The van der Waals surface area contributed by atoms with Gasteiger partial charge in [-0.25, -0.2) is 0 Å². The highest BCUT2D eigenvalue weighted by atomic mass is 35.5. The summed E-state index contributed by atoms with van der Waals surface area (Å²) >= 11 is 6.08. The number of benzene rings is 2. The van der Waals surface area contributed by atoms with Gasteiger partial charge in [-0.2, -0.15) is 0 Å². The molecule has 5 nitrogen and oxygen atoms in total. The molecule has 2 aromatic rings. The van der Waals surface area contributed by atoms with E-state index in [9.17, 15) is 9.59 Å². The van der Waals surface area contributed by atoms with E-state index in [4.69, 9.17) is 16.3 Å². The number of halogens is 1. The van der Waals surface area contributed by atoms with Crippen LogP contribution in [0, 0.1) is 20.8 Å². The fourth-order valence-electron chi connectivity index (χ4n) is 3.68. The summed E-state index contributed by atoms with van der Waals surface area (Å²) in [5, 5.41) is 3.84. The van der Waals surface area contributed by atoms with Crippen molar-refractivity contribution in [1.82, 2.24) is 4.90 Å². The summed E-state index contributed by atoms with van der Waals surface area (Å²) in [6.45, 7) is 10.6. The maximum atomic E-state index is 13.4. The Balaban J connectivity index is 1.98. The van der Waals surface area contributed by atoms with Gasteiger partial charge in [-0.05, 0) is 75.9 Å². The van der Waals surface area contributed by atoms with Crippen molar-refractivity contribution in [3.63, 3.8) is 0 Å². The first-order chi connectivity index (χ1) is 14.7. The monoisotopic (exact) mass is 440 g/mol. The van der Waals surface area contributed by atoms with Gasteiger partial charge in [0.25, 0.3) is 11.8 Å². The summed E-state index contributed by atoms with van der Waals surface area (Å²) in [7, 11) is 0. The molecule has 6 heteroatoms. The number of nitrogens with one attached hydrogen (secondary N) is 1. The third-order valence-electron chi connectivity index (χ3n) is 5.24. The van der Waals surface area contributed by atoms with Gasteiger partial charge in [-0.15, -0.1) is 0 Å². The van der Waals surface area contributed by atoms with Crippen LogP contribution >= 0.6 is 11.6 Å². The largest absolute Gasteiger partial charge is 0.379 e. The number of imide groups is 1. The number of anilines is 1. The Hall–Kier alpha value is -2.63. The van der Waals surface area contributed by atoms with Crippen LogP contribution in [0.25, 0.3) is 5.57 Å². The zero-order valence-corrected chi connectivity index (χ0v) is 19.5. The highest BCUT2D eigenvalue weighted by molar-refractivity contribution is 6.36. The van der Waals surface area contributed by atoms with Gasteiger partial charge in [0.2, 0.25) is 0 Å². The molecule has 0 atom stereocenters.